The fourth-order valence-corrected chi connectivity index (χ4v) is 1.65. The lowest BCUT2D eigenvalue weighted by molar-refractivity contribution is 0.784. The van der Waals surface area contributed by atoms with Gasteiger partial charge in [0.2, 0.25) is 0 Å². The van der Waals surface area contributed by atoms with Gasteiger partial charge in [0.1, 0.15) is 0 Å². The second-order valence-corrected chi connectivity index (χ2v) is 3.70. The number of nitrogens with one attached hydrogen (secondary N) is 1. The smallest absolute Gasteiger partial charge is 0.0973 e. The van der Waals surface area contributed by atoms with Crippen molar-refractivity contribution < 1.29 is 0 Å². The van der Waals surface area contributed by atoms with Gasteiger partial charge in [0.15, 0.2) is 0 Å². The molecule has 0 spiro atoms. The van der Waals surface area contributed by atoms with Crippen LogP contribution >= 0.6 is 0 Å². The molecular weight excluding hydrogens is 208 g/mol. The van der Waals surface area contributed by atoms with Crippen LogP contribution in [0.3, 0.4) is 0 Å². The van der Waals surface area contributed by atoms with Crippen LogP contribution in [0.25, 0.3) is 0 Å². The van der Waals surface area contributed by atoms with Crippen LogP contribution in [-0.4, -0.2) is 12.3 Å². The maximum atomic E-state index is 4.45. The Hall–Kier alpha value is -2.09. The Bertz CT molecular complexity index is 433. The first-order valence-electron chi connectivity index (χ1n) is 5.83. The highest BCUT2D eigenvalue weighted by atomic mass is 15.3. The van der Waals surface area contributed by atoms with Crippen LogP contribution in [0.15, 0.2) is 65.8 Å². The van der Waals surface area contributed by atoms with Gasteiger partial charge in [0.05, 0.1) is 5.71 Å². The van der Waals surface area contributed by atoms with Crippen molar-refractivity contribution in [1.82, 2.24) is 5.43 Å². The first-order chi connectivity index (χ1) is 8.42. The van der Waals surface area contributed by atoms with Crippen molar-refractivity contribution >= 4 is 5.71 Å². The number of hydrogen-bond acceptors (Lipinski definition) is 2. The van der Waals surface area contributed by atoms with Gasteiger partial charge in [-0.15, -0.1) is 0 Å². The molecule has 0 aliphatic rings. The third-order valence-electron chi connectivity index (χ3n) is 2.44. The Morgan fingerprint density at radius 1 is 0.882 bits per heavy atom. The van der Waals surface area contributed by atoms with E-state index < -0.39 is 0 Å². The standard InChI is InChI=1S/C15H16N2/c1-2-16-17-15(13-9-5-3-6-10-13)14-11-7-4-8-12-14/h3-12,16H,2H2,1H3. The molecule has 0 saturated heterocycles. The summed E-state index contributed by atoms with van der Waals surface area (Å²) in [5, 5.41) is 4.45. The zero-order valence-corrected chi connectivity index (χ0v) is 9.93. The van der Waals surface area contributed by atoms with Gasteiger partial charge >= 0.3 is 0 Å². The molecule has 2 aromatic rings. The summed E-state index contributed by atoms with van der Waals surface area (Å²) in [5.74, 6) is 0. The van der Waals surface area contributed by atoms with Crippen LogP contribution in [0, 0.1) is 0 Å². The summed E-state index contributed by atoms with van der Waals surface area (Å²) >= 11 is 0. The molecule has 86 valence electrons. The average Bonchev–Trinajstić information content (AvgIpc) is 2.42. The largest absolute Gasteiger partial charge is 0.310 e. The molecule has 2 heteroatoms. The summed E-state index contributed by atoms with van der Waals surface area (Å²) in [6.07, 6.45) is 0. The summed E-state index contributed by atoms with van der Waals surface area (Å²) < 4.78 is 0. The van der Waals surface area contributed by atoms with E-state index in [9.17, 15) is 0 Å². The SMILES string of the molecule is CCNN=C(c1ccccc1)c1ccccc1. The third-order valence-corrected chi connectivity index (χ3v) is 2.44. The number of hydrazone groups is 1. The van der Waals surface area contributed by atoms with Crippen molar-refractivity contribution in [3.8, 4) is 0 Å². The van der Waals surface area contributed by atoms with E-state index in [1.807, 2.05) is 43.3 Å². The highest BCUT2D eigenvalue weighted by Crippen LogP contribution is 2.10. The lowest BCUT2D eigenvalue weighted by atomic mass is 10.0. The van der Waals surface area contributed by atoms with Crippen LogP contribution in [0.4, 0.5) is 0 Å². The van der Waals surface area contributed by atoms with Gasteiger partial charge in [-0.2, -0.15) is 5.10 Å². The number of hydrogen-bond donors (Lipinski definition) is 1. The van der Waals surface area contributed by atoms with Crippen LogP contribution < -0.4 is 5.43 Å². The van der Waals surface area contributed by atoms with E-state index in [0.29, 0.717) is 0 Å². The van der Waals surface area contributed by atoms with Crippen molar-refractivity contribution in [2.24, 2.45) is 5.10 Å². The molecule has 0 amide bonds. The van der Waals surface area contributed by atoms with Crippen molar-refractivity contribution in [3.05, 3.63) is 71.8 Å². The molecular formula is C15H16N2. The molecule has 17 heavy (non-hydrogen) atoms. The molecule has 0 aromatic heterocycles. The van der Waals surface area contributed by atoms with E-state index in [2.05, 4.69) is 34.8 Å². The molecule has 2 aromatic carbocycles. The van der Waals surface area contributed by atoms with E-state index in [1.165, 1.54) is 0 Å². The number of nitrogens with zero attached hydrogens (tertiary/aromatic N) is 1. The van der Waals surface area contributed by atoms with Crippen molar-refractivity contribution in [3.63, 3.8) is 0 Å². The molecule has 2 rings (SSSR count). The Morgan fingerprint density at radius 3 is 1.76 bits per heavy atom. The molecule has 0 radical (unpaired) electrons. The normalized spacial score (nSPS) is 9.71. The van der Waals surface area contributed by atoms with Gasteiger partial charge in [-0.05, 0) is 6.92 Å². The van der Waals surface area contributed by atoms with E-state index in [4.69, 9.17) is 0 Å². The first kappa shape index (κ1) is 11.4. The molecule has 0 aliphatic heterocycles. The minimum absolute atomic E-state index is 0.823. The fraction of sp³-hybridized carbons (Fsp3) is 0.133. The Morgan fingerprint density at radius 2 is 1.35 bits per heavy atom. The molecule has 0 saturated carbocycles. The van der Waals surface area contributed by atoms with Crippen molar-refractivity contribution in [2.75, 3.05) is 6.54 Å². The minimum atomic E-state index is 0.823. The predicted octanol–water partition coefficient (Wildman–Crippen LogP) is 3.05. The van der Waals surface area contributed by atoms with E-state index >= 15 is 0 Å². The molecule has 0 fully saturated rings. The maximum Gasteiger partial charge on any atom is 0.0973 e. The number of rotatable bonds is 4. The summed E-state index contributed by atoms with van der Waals surface area (Å²) in [6.45, 7) is 2.86. The summed E-state index contributed by atoms with van der Waals surface area (Å²) in [6, 6.07) is 20.4. The molecule has 0 heterocycles. The van der Waals surface area contributed by atoms with Crippen molar-refractivity contribution in [2.45, 2.75) is 6.92 Å². The van der Waals surface area contributed by atoms with Gasteiger partial charge in [-0.25, -0.2) is 0 Å². The van der Waals surface area contributed by atoms with Gasteiger partial charge in [0, 0.05) is 17.7 Å². The van der Waals surface area contributed by atoms with Gasteiger partial charge in [-0.1, -0.05) is 60.7 Å². The van der Waals surface area contributed by atoms with Crippen LogP contribution in [-0.2, 0) is 0 Å². The highest BCUT2D eigenvalue weighted by molar-refractivity contribution is 6.12. The van der Waals surface area contributed by atoms with Crippen LogP contribution in [0.1, 0.15) is 18.1 Å². The van der Waals surface area contributed by atoms with Gasteiger partial charge in [-0.3, -0.25) is 0 Å². The minimum Gasteiger partial charge on any atom is -0.310 e. The second kappa shape index (κ2) is 5.85. The molecule has 0 unspecified atom stereocenters. The van der Waals surface area contributed by atoms with Crippen LogP contribution in [0.2, 0.25) is 0 Å². The fourth-order valence-electron chi connectivity index (χ4n) is 1.65. The maximum absolute atomic E-state index is 4.45. The molecule has 0 bridgehead atoms. The molecule has 2 nitrogen and oxygen atoms in total. The molecule has 0 aliphatic carbocycles. The van der Waals surface area contributed by atoms with Crippen LogP contribution in [0.5, 0.6) is 0 Å². The summed E-state index contributed by atoms with van der Waals surface area (Å²) in [4.78, 5) is 0. The van der Waals surface area contributed by atoms with E-state index in [1.54, 1.807) is 0 Å². The monoisotopic (exact) mass is 224 g/mol. The molecule has 0 atom stereocenters. The Labute approximate surface area is 102 Å². The Kier molecular flexibility index (Phi) is 3.92. The lowest BCUT2D eigenvalue weighted by Gasteiger charge is -2.07. The van der Waals surface area contributed by atoms with Gasteiger partial charge in [0.25, 0.3) is 0 Å². The van der Waals surface area contributed by atoms with E-state index in [-0.39, 0.29) is 0 Å². The average molecular weight is 224 g/mol. The van der Waals surface area contributed by atoms with Crippen molar-refractivity contribution in [1.29, 1.82) is 0 Å². The number of benzene rings is 2. The third kappa shape index (κ3) is 2.94. The van der Waals surface area contributed by atoms with E-state index in [0.717, 1.165) is 23.4 Å². The predicted molar refractivity (Wildman–Crippen MR) is 72.2 cm³/mol. The first-order valence-corrected chi connectivity index (χ1v) is 5.83. The lowest BCUT2D eigenvalue weighted by Crippen LogP contribution is -2.12. The summed E-state index contributed by atoms with van der Waals surface area (Å²) in [7, 11) is 0. The highest BCUT2D eigenvalue weighted by Gasteiger charge is 2.05. The second-order valence-electron chi connectivity index (χ2n) is 3.70. The zero-order chi connectivity index (χ0) is 11.9. The quantitative estimate of drug-likeness (QED) is 0.626. The van der Waals surface area contributed by atoms with Gasteiger partial charge < -0.3 is 5.43 Å². The topological polar surface area (TPSA) is 24.4 Å². The summed E-state index contributed by atoms with van der Waals surface area (Å²) in [5.41, 5.74) is 6.26. The zero-order valence-electron chi connectivity index (χ0n) is 9.93. The molecule has 1 N–H and O–H groups in total. The Balaban J connectivity index is 2.40.